The number of aromatic nitrogens is 1. The number of rotatable bonds is 2. The van der Waals surface area contributed by atoms with E-state index in [0.717, 1.165) is 53.5 Å². The molecule has 3 aromatic rings. The van der Waals surface area contributed by atoms with E-state index in [1.807, 2.05) is 30.3 Å². The SMILES string of the molecule is O=c1[nH]c(-c2ccc3cc(F)ccc3c2)ccc1C1CCNCC1. The lowest BCUT2D eigenvalue weighted by Gasteiger charge is -2.22. The van der Waals surface area contributed by atoms with E-state index in [1.54, 1.807) is 6.07 Å². The van der Waals surface area contributed by atoms with Gasteiger partial charge in [0.05, 0.1) is 0 Å². The number of hydrogen-bond donors (Lipinski definition) is 2. The minimum atomic E-state index is -0.241. The first-order valence-corrected chi connectivity index (χ1v) is 8.34. The molecule has 1 aromatic heterocycles. The van der Waals surface area contributed by atoms with E-state index >= 15 is 0 Å². The van der Waals surface area contributed by atoms with Crippen LogP contribution in [0.3, 0.4) is 0 Å². The highest BCUT2D eigenvalue weighted by atomic mass is 19.1. The summed E-state index contributed by atoms with van der Waals surface area (Å²) in [6.45, 7) is 1.93. The molecule has 4 heteroatoms. The molecule has 0 aliphatic carbocycles. The number of nitrogens with one attached hydrogen (secondary N) is 2. The van der Waals surface area contributed by atoms with Crippen LogP contribution in [0, 0.1) is 5.82 Å². The highest BCUT2D eigenvalue weighted by molar-refractivity contribution is 5.86. The molecule has 1 aliphatic rings. The van der Waals surface area contributed by atoms with Gasteiger partial charge in [-0.2, -0.15) is 0 Å². The highest BCUT2D eigenvalue weighted by Crippen LogP contribution is 2.26. The van der Waals surface area contributed by atoms with Crippen molar-refractivity contribution < 1.29 is 4.39 Å². The van der Waals surface area contributed by atoms with E-state index in [4.69, 9.17) is 0 Å². The number of benzene rings is 2. The zero-order valence-electron chi connectivity index (χ0n) is 13.3. The van der Waals surface area contributed by atoms with Gasteiger partial charge in [-0.1, -0.05) is 24.3 Å². The maximum absolute atomic E-state index is 13.3. The molecule has 0 radical (unpaired) electrons. The second-order valence-corrected chi connectivity index (χ2v) is 6.39. The summed E-state index contributed by atoms with van der Waals surface area (Å²) in [5.41, 5.74) is 2.61. The molecule has 122 valence electrons. The molecule has 2 heterocycles. The normalized spacial score (nSPS) is 15.7. The Morgan fingerprint density at radius 3 is 2.46 bits per heavy atom. The van der Waals surface area contributed by atoms with E-state index in [2.05, 4.69) is 10.3 Å². The summed E-state index contributed by atoms with van der Waals surface area (Å²) >= 11 is 0. The van der Waals surface area contributed by atoms with Crippen LogP contribution in [0.25, 0.3) is 22.0 Å². The fourth-order valence-corrected chi connectivity index (χ4v) is 3.49. The Balaban J connectivity index is 1.70. The van der Waals surface area contributed by atoms with Gasteiger partial charge < -0.3 is 10.3 Å². The lowest BCUT2D eigenvalue weighted by Crippen LogP contribution is -2.29. The Morgan fingerprint density at radius 1 is 0.917 bits per heavy atom. The molecule has 1 fully saturated rings. The molecular formula is C20H19FN2O. The smallest absolute Gasteiger partial charge is 0.251 e. The third-order valence-electron chi connectivity index (χ3n) is 4.83. The maximum Gasteiger partial charge on any atom is 0.251 e. The summed E-state index contributed by atoms with van der Waals surface area (Å²) in [6, 6.07) is 14.4. The third-order valence-corrected chi connectivity index (χ3v) is 4.83. The molecular weight excluding hydrogens is 303 g/mol. The number of halogens is 1. The number of hydrogen-bond acceptors (Lipinski definition) is 2. The van der Waals surface area contributed by atoms with Gasteiger partial charge in [0.15, 0.2) is 0 Å². The summed E-state index contributed by atoms with van der Waals surface area (Å²) < 4.78 is 13.3. The number of piperidine rings is 1. The summed E-state index contributed by atoms with van der Waals surface area (Å²) in [7, 11) is 0. The molecule has 24 heavy (non-hydrogen) atoms. The minimum absolute atomic E-state index is 0.00129. The van der Waals surface area contributed by atoms with Gasteiger partial charge in [-0.3, -0.25) is 4.79 Å². The van der Waals surface area contributed by atoms with Crippen molar-refractivity contribution in [1.82, 2.24) is 10.3 Å². The van der Waals surface area contributed by atoms with Crippen molar-refractivity contribution in [2.24, 2.45) is 0 Å². The number of aromatic amines is 1. The summed E-state index contributed by atoms with van der Waals surface area (Å²) in [6.07, 6.45) is 2.01. The third kappa shape index (κ3) is 2.85. The number of pyridine rings is 1. The number of fused-ring (bicyclic) bond motifs is 1. The molecule has 0 amide bonds. The molecule has 0 atom stereocenters. The van der Waals surface area contributed by atoms with Gasteiger partial charge in [0.2, 0.25) is 0 Å². The molecule has 2 N–H and O–H groups in total. The van der Waals surface area contributed by atoms with Crippen LogP contribution in [0.2, 0.25) is 0 Å². The fourth-order valence-electron chi connectivity index (χ4n) is 3.49. The van der Waals surface area contributed by atoms with Crippen molar-refractivity contribution in [2.45, 2.75) is 18.8 Å². The average Bonchev–Trinajstić information content (AvgIpc) is 2.62. The van der Waals surface area contributed by atoms with Crippen molar-refractivity contribution >= 4 is 10.8 Å². The lowest BCUT2D eigenvalue weighted by atomic mass is 9.91. The Morgan fingerprint density at radius 2 is 1.67 bits per heavy atom. The molecule has 3 nitrogen and oxygen atoms in total. The van der Waals surface area contributed by atoms with Crippen molar-refractivity contribution in [3.05, 3.63) is 70.3 Å². The zero-order chi connectivity index (χ0) is 16.5. The van der Waals surface area contributed by atoms with Gasteiger partial charge in [0, 0.05) is 11.3 Å². The molecule has 4 rings (SSSR count). The molecule has 0 spiro atoms. The number of H-pyrrole nitrogens is 1. The first-order valence-electron chi connectivity index (χ1n) is 8.34. The Hall–Kier alpha value is -2.46. The van der Waals surface area contributed by atoms with Gasteiger partial charge in [0.25, 0.3) is 5.56 Å². The van der Waals surface area contributed by atoms with E-state index in [-0.39, 0.29) is 11.4 Å². The van der Waals surface area contributed by atoms with E-state index in [9.17, 15) is 9.18 Å². The van der Waals surface area contributed by atoms with Crippen LogP contribution >= 0.6 is 0 Å². The second kappa shape index (κ2) is 6.21. The van der Waals surface area contributed by atoms with E-state index in [1.165, 1.54) is 12.1 Å². The first kappa shape index (κ1) is 15.1. The van der Waals surface area contributed by atoms with Crippen LogP contribution < -0.4 is 10.9 Å². The van der Waals surface area contributed by atoms with Crippen molar-refractivity contribution in [1.29, 1.82) is 0 Å². The summed E-state index contributed by atoms with van der Waals surface area (Å²) in [5.74, 6) is 0.0959. The van der Waals surface area contributed by atoms with Crippen molar-refractivity contribution in [3.8, 4) is 11.3 Å². The Bertz CT molecular complexity index is 942. The quantitative estimate of drug-likeness (QED) is 0.754. The summed E-state index contributed by atoms with van der Waals surface area (Å²) in [4.78, 5) is 15.5. The molecule has 0 unspecified atom stereocenters. The molecule has 0 saturated carbocycles. The van der Waals surface area contributed by atoms with Crippen LogP contribution in [0.5, 0.6) is 0 Å². The first-order chi connectivity index (χ1) is 11.7. The van der Waals surface area contributed by atoms with E-state index < -0.39 is 0 Å². The van der Waals surface area contributed by atoms with Gasteiger partial charge >= 0.3 is 0 Å². The van der Waals surface area contributed by atoms with Gasteiger partial charge in [-0.25, -0.2) is 4.39 Å². The predicted octanol–water partition coefficient (Wildman–Crippen LogP) is 3.80. The lowest BCUT2D eigenvalue weighted by molar-refractivity contribution is 0.458. The minimum Gasteiger partial charge on any atom is -0.322 e. The standard InChI is InChI=1S/C20H19FN2O/c21-17-4-3-14-11-16(2-1-15(14)12-17)19-6-5-18(20(24)23-19)13-7-9-22-10-8-13/h1-6,11-13,22H,7-10H2,(H,23,24). The van der Waals surface area contributed by atoms with Gasteiger partial charge in [-0.05, 0) is 72.5 Å². The maximum atomic E-state index is 13.3. The van der Waals surface area contributed by atoms with Crippen LogP contribution in [0.4, 0.5) is 4.39 Å². The highest BCUT2D eigenvalue weighted by Gasteiger charge is 2.18. The van der Waals surface area contributed by atoms with Crippen LogP contribution in [0.15, 0.2) is 53.3 Å². The van der Waals surface area contributed by atoms with Gasteiger partial charge in [0.1, 0.15) is 5.82 Å². The summed E-state index contributed by atoms with van der Waals surface area (Å²) in [5, 5.41) is 5.13. The average molecular weight is 322 g/mol. The molecule has 1 saturated heterocycles. The zero-order valence-corrected chi connectivity index (χ0v) is 13.3. The predicted molar refractivity (Wildman–Crippen MR) is 94.8 cm³/mol. The van der Waals surface area contributed by atoms with Crippen LogP contribution in [0.1, 0.15) is 24.3 Å². The Labute approximate surface area is 139 Å². The Kier molecular flexibility index (Phi) is 3.90. The van der Waals surface area contributed by atoms with Crippen LogP contribution in [-0.4, -0.2) is 18.1 Å². The van der Waals surface area contributed by atoms with Crippen molar-refractivity contribution in [3.63, 3.8) is 0 Å². The monoisotopic (exact) mass is 322 g/mol. The van der Waals surface area contributed by atoms with Crippen LogP contribution in [-0.2, 0) is 0 Å². The fraction of sp³-hybridized carbons (Fsp3) is 0.250. The molecule has 2 aromatic carbocycles. The molecule has 0 bridgehead atoms. The molecule has 1 aliphatic heterocycles. The van der Waals surface area contributed by atoms with Gasteiger partial charge in [-0.15, -0.1) is 0 Å². The largest absolute Gasteiger partial charge is 0.322 e. The van der Waals surface area contributed by atoms with E-state index in [0.29, 0.717) is 5.92 Å². The van der Waals surface area contributed by atoms with Crippen molar-refractivity contribution in [2.75, 3.05) is 13.1 Å². The second-order valence-electron chi connectivity index (χ2n) is 6.39. The topological polar surface area (TPSA) is 44.9 Å².